The van der Waals surface area contributed by atoms with Gasteiger partial charge in [-0.3, -0.25) is 9.59 Å². The number of aromatic nitrogens is 1. The highest BCUT2D eigenvalue weighted by Crippen LogP contribution is 2.13. The summed E-state index contributed by atoms with van der Waals surface area (Å²) < 4.78 is 9.98. The fourth-order valence-corrected chi connectivity index (χ4v) is 2.09. The summed E-state index contributed by atoms with van der Waals surface area (Å²) in [5.41, 5.74) is 1.15. The average Bonchev–Trinajstić information content (AvgIpc) is 3.33. The van der Waals surface area contributed by atoms with Crippen LogP contribution in [0.25, 0.3) is 0 Å². The Morgan fingerprint density at radius 3 is 2.48 bits per heavy atom. The van der Waals surface area contributed by atoms with Crippen molar-refractivity contribution in [2.24, 2.45) is 0 Å². The lowest BCUT2D eigenvalue weighted by Crippen LogP contribution is -2.15. The highest BCUT2D eigenvalue weighted by molar-refractivity contribution is 6.02. The Morgan fingerprint density at radius 2 is 1.84 bits per heavy atom. The smallest absolute Gasteiger partial charge is 0.338 e. The molecule has 7 heteroatoms. The molecule has 0 spiro atoms. The molecule has 25 heavy (non-hydrogen) atoms. The molecule has 1 amide bonds. The van der Waals surface area contributed by atoms with E-state index >= 15 is 0 Å². The molecule has 0 saturated carbocycles. The van der Waals surface area contributed by atoms with Crippen molar-refractivity contribution in [3.8, 4) is 0 Å². The van der Waals surface area contributed by atoms with Gasteiger partial charge in [-0.25, -0.2) is 4.79 Å². The zero-order chi connectivity index (χ0) is 17.6. The fourth-order valence-electron chi connectivity index (χ4n) is 2.09. The van der Waals surface area contributed by atoms with Crippen molar-refractivity contribution in [2.75, 3.05) is 11.9 Å². The van der Waals surface area contributed by atoms with Crippen LogP contribution >= 0.6 is 0 Å². The second-order valence-electron chi connectivity index (χ2n) is 5.09. The summed E-state index contributed by atoms with van der Waals surface area (Å²) in [6.07, 6.45) is 3.02. The number of ether oxygens (including phenoxy) is 1. The van der Waals surface area contributed by atoms with Gasteiger partial charge in [-0.15, -0.1) is 0 Å². The SMILES string of the molecule is O=C(OCC(=O)c1ccc[nH]1)c1ccc(NC(=O)c2ccco2)cc1. The van der Waals surface area contributed by atoms with Gasteiger partial charge in [0.2, 0.25) is 5.78 Å². The van der Waals surface area contributed by atoms with Crippen LogP contribution in [0.15, 0.2) is 65.4 Å². The number of carbonyl (C=O) groups excluding carboxylic acids is 3. The van der Waals surface area contributed by atoms with Crippen LogP contribution in [0.4, 0.5) is 5.69 Å². The number of ketones is 1. The molecule has 0 aliphatic heterocycles. The molecule has 0 fully saturated rings. The lowest BCUT2D eigenvalue weighted by molar-refractivity contribution is 0.0473. The average molecular weight is 338 g/mol. The predicted octanol–water partition coefficient (Wildman–Crippen LogP) is 2.90. The van der Waals surface area contributed by atoms with E-state index in [1.54, 1.807) is 42.6 Å². The van der Waals surface area contributed by atoms with Crippen LogP contribution in [-0.4, -0.2) is 29.3 Å². The molecule has 0 aliphatic rings. The molecular formula is C18H14N2O5. The number of anilines is 1. The summed E-state index contributed by atoms with van der Waals surface area (Å²) >= 11 is 0. The van der Waals surface area contributed by atoms with Crippen LogP contribution in [0.2, 0.25) is 0 Å². The zero-order valence-corrected chi connectivity index (χ0v) is 13.0. The van der Waals surface area contributed by atoms with Crippen molar-refractivity contribution in [2.45, 2.75) is 0 Å². The number of nitrogens with one attached hydrogen (secondary N) is 2. The molecule has 1 aromatic carbocycles. The molecule has 3 aromatic rings. The minimum Gasteiger partial charge on any atom is -0.459 e. The van der Waals surface area contributed by atoms with Crippen molar-refractivity contribution in [3.05, 3.63) is 78.0 Å². The van der Waals surface area contributed by atoms with Gasteiger partial charge in [0.25, 0.3) is 5.91 Å². The van der Waals surface area contributed by atoms with Gasteiger partial charge in [0.1, 0.15) is 0 Å². The highest BCUT2D eigenvalue weighted by Gasteiger charge is 2.13. The molecule has 126 valence electrons. The molecule has 3 rings (SSSR count). The molecular weight excluding hydrogens is 324 g/mol. The Hall–Kier alpha value is -3.61. The fraction of sp³-hybridized carbons (Fsp3) is 0.0556. The molecule has 0 bridgehead atoms. The molecule has 0 atom stereocenters. The third-order valence-electron chi connectivity index (χ3n) is 3.36. The molecule has 7 nitrogen and oxygen atoms in total. The number of Topliss-reactive ketones (excluding diaryl/α,β-unsaturated/α-hetero) is 1. The van der Waals surface area contributed by atoms with Crippen LogP contribution in [0.3, 0.4) is 0 Å². The molecule has 2 aromatic heterocycles. The number of hydrogen-bond acceptors (Lipinski definition) is 5. The van der Waals surface area contributed by atoms with E-state index in [1.165, 1.54) is 18.4 Å². The number of aromatic amines is 1. The summed E-state index contributed by atoms with van der Waals surface area (Å²) in [6, 6.07) is 12.6. The molecule has 0 saturated heterocycles. The minimum atomic E-state index is -0.621. The number of rotatable bonds is 6. The number of hydrogen-bond donors (Lipinski definition) is 2. The van der Waals surface area contributed by atoms with Crippen LogP contribution < -0.4 is 5.32 Å². The Balaban J connectivity index is 1.55. The van der Waals surface area contributed by atoms with Gasteiger partial charge in [0.15, 0.2) is 12.4 Å². The quantitative estimate of drug-likeness (QED) is 0.531. The first-order valence-corrected chi connectivity index (χ1v) is 7.42. The molecule has 0 aliphatic carbocycles. The summed E-state index contributed by atoms with van der Waals surface area (Å²) in [5, 5.41) is 2.64. The van der Waals surface area contributed by atoms with E-state index < -0.39 is 11.9 Å². The van der Waals surface area contributed by atoms with Gasteiger partial charge in [-0.2, -0.15) is 0 Å². The van der Waals surface area contributed by atoms with Crippen molar-refractivity contribution >= 4 is 23.3 Å². The third kappa shape index (κ3) is 4.03. The van der Waals surface area contributed by atoms with Gasteiger partial charge in [-0.05, 0) is 48.5 Å². The first-order chi connectivity index (χ1) is 12.1. The van der Waals surface area contributed by atoms with Crippen molar-refractivity contribution in [1.82, 2.24) is 4.98 Å². The van der Waals surface area contributed by atoms with E-state index in [2.05, 4.69) is 10.3 Å². The Kier molecular flexibility index (Phi) is 4.75. The summed E-state index contributed by atoms with van der Waals surface area (Å²) in [6.45, 7) is -0.351. The summed E-state index contributed by atoms with van der Waals surface area (Å²) in [7, 11) is 0. The van der Waals surface area contributed by atoms with E-state index in [4.69, 9.17) is 9.15 Å². The number of esters is 1. The summed E-state index contributed by atoms with van der Waals surface area (Å²) in [4.78, 5) is 38.3. The van der Waals surface area contributed by atoms with Crippen LogP contribution in [0, 0.1) is 0 Å². The monoisotopic (exact) mass is 338 g/mol. The third-order valence-corrected chi connectivity index (χ3v) is 3.36. The standard InChI is InChI=1S/C18H14N2O5/c21-15(14-3-1-9-19-14)11-25-18(23)12-5-7-13(8-6-12)20-17(22)16-4-2-10-24-16/h1-10,19H,11H2,(H,20,22). The summed E-state index contributed by atoms with van der Waals surface area (Å²) in [5.74, 6) is -1.15. The van der Waals surface area contributed by atoms with E-state index in [-0.39, 0.29) is 23.7 Å². The molecule has 0 radical (unpaired) electrons. The van der Waals surface area contributed by atoms with Gasteiger partial charge in [0, 0.05) is 11.9 Å². The first kappa shape index (κ1) is 16.3. The molecule has 2 N–H and O–H groups in total. The first-order valence-electron chi connectivity index (χ1n) is 7.42. The topological polar surface area (TPSA) is 101 Å². The number of furan rings is 1. The van der Waals surface area contributed by atoms with Crippen molar-refractivity contribution in [3.63, 3.8) is 0 Å². The molecule has 0 unspecified atom stereocenters. The van der Waals surface area contributed by atoms with Crippen molar-refractivity contribution < 1.29 is 23.5 Å². The number of amides is 1. The molecule has 2 heterocycles. The predicted molar refractivity (Wildman–Crippen MR) is 88.5 cm³/mol. The van der Waals surface area contributed by atoms with Crippen LogP contribution in [0.1, 0.15) is 31.4 Å². The van der Waals surface area contributed by atoms with E-state index in [9.17, 15) is 14.4 Å². The van der Waals surface area contributed by atoms with E-state index in [1.807, 2.05) is 0 Å². The minimum absolute atomic E-state index is 0.186. The van der Waals surface area contributed by atoms with Gasteiger partial charge >= 0.3 is 5.97 Å². The zero-order valence-electron chi connectivity index (χ0n) is 13.0. The van der Waals surface area contributed by atoms with Crippen molar-refractivity contribution in [1.29, 1.82) is 0 Å². The Labute approximate surface area is 142 Å². The van der Waals surface area contributed by atoms with Crippen LogP contribution in [-0.2, 0) is 4.74 Å². The Morgan fingerprint density at radius 1 is 1.04 bits per heavy atom. The van der Waals surface area contributed by atoms with E-state index in [0.29, 0.717) is 11.4 Å². The lowest BCUT2D eigenvalue weighted by Gasteiger charge is -2.06. The van der Waals surface area contributed by atoms with Crippen LogP contribution in [0.5, 0.6) is 0 Å². The number of carbonyl (C=O) groups is 3. The second kappa shape index (κ2) is 7.31. The van der Waals surface area contributed by atoms with E-state index in [0.717, 1.165) is 0 Å². The highest BCUT2D eigenvalue weighted by atomic mass is 16.5. The lowest BCUT2D eigenvalue weighted by atomic mass is 10.2. The maximum absolute atomic E-state index is 12.0. The maximum Gasteiger partial charge on any atom is 0.338 e. The van der Waals surface area contributed by atoms with Gasteiger partial charge in [0.05, 0.1) is 17.5 Å². The maximum atomic E-state index is 12.0. The number of H-pyrrole nitrogens is 1. The Bertz CT molecular complexity index is 865. The number of benzene rings is 1. The second-order valence-corrected chi connectivity index (χ2v) is 5.09. The normalized spacial score (nSPS) is 10.2. The van der Waals surface area contributed by atoms with Gasteiger partial charge < -0.3 is 19.5 Å². The largest absolute Gasteiger partial charge is 0.459 e. The van der Waals surface area contributed by atoms with Gasteiger partial charge in [-0.1, -0.05) is 0 Å².